The van der Waals surface area contributed by atoms with Crippen molar-refractivity contribution in [1.29, 1.82) is 0 Å². The van der Waals surface area contributed by atoms with Gasteiger partial charge in [-0.3, -0.25) is 0 Å². The summed E-state index contributed by atoms with van der Waals surface area (Å²) in [5.74, 6) is 1.63. The lowest BCUT2D eigenvalue weighted by Crippen LogP contribution is -2.43. The first-order valence-corrected chi connectivity index (χ1v) is 5.70. The molecule has 1 N–H and O–H groups in total. The molecule has 1 aromatic heterocycles. The highest BCUT2D eigenvalue weighted by molar-refractivity contribution is 5.85. The van der Waals surface area contributed by atoms with Crippen molar-refractivity contribution in [1.82, 2.24) is 10.3 Å². The molecule has 3 nitrogen and oxygen atoms in total. The van der Waals surface area contributed by atoms with Crippen molar-refractivity contribution in [2.75, 3.05) is 31.1 Å². The first-order valence-electron chi connectivity index (χ1n) is 5.70. The maximum atomic E-state index is 4.69. The van der Waals surface area contributed by atoms with E-state index in [1.807, 2.05) is 0 Å². The fourth-order valence-electron chi connectivity index (χ4n) is 1.83. The second-order valence-electron chi connectivity index (χ2n) is 4.31. The molecule has 0 radical (unpaired) electrons. The van der Waals surface area contributed by atoms with Crippen molar-refractivity contribution >= 4 is 18.2 Å². The predicted octanol–water partition coefficient (Wildman–Crippen LogP) is 2.04. The molecule has 1 fully saturated rings. The number of halogens is 1. The molecule has 90 valence electrons. The zero-order valence-electron chi connectivity index (χ0n) is 9.94. The molecular weight excluding hydrogens is 222 g/mol. The van der Waals surface area contributed by atoms with Crippen LogP contribution >= 0.6 is 12.4 Å². The van der Waals surface area contributed by atoms with Gasteiger partial charge in [0.15, 0.2) is 0 Å². The molecule has 1 aromatic rings. The van der Waals surface area contributed by atoms with Crippen LogP contribution < -0.4 is 10.2 Å². The van der Waals surface area contributed by atoms with Crippen molar-refractivity contribution in [2.24, 2.45) is 0 Å². The first kappa shape index (κ1) is 13.3. The van der Waals surface area contributed by atoms with E-state index in [2.05, 4.69) is 42.3 Å². The summed E-state index contributed by atoms with van der Waals surface area (Å²) in [7, 11) is 0. The zero-order valence-corrected chi connectivity index (χ0v) is 10.8. The number of piperazine rings is 1. The third-order valence-corrected chi connectivity index (χ3v) is 2.79. The lowest BCUT2D eigenvalue weighted by molar-refractivity contribution is 0.583. The molecule has 0 spiro atoms. The van der Waals surface area contributed by atoms with E-state index in [0.717, 1.165) is 32.0 Å². The Hall–Kier alpha value is -0.800. The molecular formula is C12H20ClN3. The van der Waals surface area contributed by atoms with Crippen LogP contribution in [-0.4, -0.2) is 31.2 Å². The van der Waals surface area contributed by atoms with Crippen molar-refractivity contribution in [2.45, 2.75) is 19.8 Å². The molecule has 1 aliphatic heterocycles. The number of aromatic nitrogens is 1. The summed E-state index contributed by atoms with van der Waals surface area (Å²) in [6.45, 7) is 8.62. The van der Waals surface area contributed by atoms with Gasteiger partial charge in [-0.1, -0.05) is 19.9 Å². The fourth-order valence-corrected chi connectivity index (χ4v) is 1.83. The van der Waals surface area contributed by atoms with Gasteiger partial charge in [0.05, 0.1) is 0 Å². The van der Waals surface area contributed by atoms with E-state index in [0.29, 0.717) is 5.92 Å². The number of anilines is 1. The Bertz CT molecular complexity index is 322. The highest BCUT2D eigenvalue weighted by atomic mass is 35.5. The lowest BCUT2D eigenvalue weighted by atomic mass is 10.1. The number of pyridine rings is 1. The van der Waals surface area contributed by atoms with E-state index in [1.54, 1.807) is 0 Å². The van der Waals surface area contributed by atoms with Crippen LogP contribution in [0.2, 0.25) is 0 Å². The van der Waals surface area contributed by atoms with Gasteiger partial charge < -0.3 is 10.2 Å². The minimum Gasteiger partial charge on any atom is -0.354 e. The van der Waals surface area contributed by atoms with Crippen LogP contribution in [0.15, 0.2) is 18.2 Å². The van der Waals surface area contributed by atoms with Crippen LogP contribution in [0.4, 0.5) is 5.82 Å². The summed E-state index contributed by atoms with van der Waals surface area (Å²) >= 11 is 0. The number of nitrogens with zero attached hydrogens (tertiary/aromatic N) is 2. The molecule has 0 aromatic carbocycles. The Morgan fingerprint density at radius 3 is 2.56 bits per heavy atom. The highest BCUT2D eigenvalue weighted by Gasteiger charge is 2.12. The average molecular weight is 242 g/mol. The van der Waals surface area contributed by atoms with E-state index >= 15 is 0 Å². The van der Waals surface area contributed by atoms with Crippen molar-refractivity contribution in [3.05, 3.63) is 23.9 Å². The summed E-state index contributed by atoms with van der Waals surface area (Å²) in [6.07, 6.45) is 0. The van der Waals surface area contributed by atoms with Gasteiger partial charge in [0, 0.05) is 31.9 Å². The van der Waals surface area contributed by atoms with E-state index in [1.165, 1.54) is 5.69 Å². The number of hydrogen-bond acceptors (Lipinski definition) is 3. The number of nitrogens with one attached hydrogen (secondary N) is 1. The van der Waals surface area contributed by atoms with Gasteiger partial charge in [0.1, 0.15) is 5.82 Å². The molecule has 0 atom stereocenters. The van der Waals surface area contributed by atoms with Crippen molar-refractivity contribution < 1.29 is 0 Å². The Kier molecular flexibility index (Phi) is 5.03. The van der Waals surface area contributed by atoms with Crippen LogP contribution in [0.1, 0.15) is 25.5 Å². The summed E-state index contributed by atoms with van der Waals surface area (Å²) in [6, 6.07) is 6.33. The maximum Gasteiger partial charge on any atom is 0.128 e. The first-order chi connectivity index (χ1) is 7.27. The summed E-state index contributed by atoms with van der Waals surface area (Å²) in [4.78, 5) is 7.04. The topological polar surface area (TPSA) is 28.2 Å². The van der Waals surface area contributed by atoms with Crippen LogP contribution in [0, 0.1) is 0 Å². The van der Waals surface area contributed by atoms with Crippen LogP contribution in [0.5, 0.6) is 0 Å². The summed E-state index contributed by atoms with van der Waals surface area (Å²) in [5.41, 5.74) is 1.19. The molecule has 0 amide bonds. The van der Waals surface area contributed by atoms with E-state index in [9.17, 15) is 0 Å². The quantitative estimate of drug-likeness (QED) is 0.859. The van der Waals surface area contributed by atoms with Gasteiger partial charge in [-0.25, -0.2) is 4.98 Å². The third-order valence-electron chi connectivity index (χ3n) is 2.79. The standard InChI is InChI=1S/C12H19N3.ClH/c1-10(2)11-4-3-5-12(14-11)15-8-6-13-7-9-15;/h3-5,10,13H,6-9H2,1-2H3;1H. The summed E-state index contributed by atoms with van der Waals surface area (Å²) in [5, 5.41) is 3.35. The van der Waals surface area contributed by atoms with Crippen LogP contribution in [-0.2, 0) is 0 Å². The smallest absolute Gasteiger partial charge is 0.128 e. The lowest BCUT2D eigenvalue weighted by Gasteiger charge is -2.28. The van der Waals surface area contributed by atoms with Gasteiger partial charge in [-0.05, 0) is 18.1 Å². The predicted molar refractivity (Wildman–Crippen MR) is 70.7 cm³/mol. The second-order valence-corrected chi connectivity index (χ2v) is 4.31. The molecule has 0 aliphatic carbocycles. The monoisotopic (exact) mass is 241 g/mol. The molecule has 1 saturated heterocycles. The van der Waals surface area contributed by atoms with Crippen LogP contribution in [0.3, 0.4) is 0 Å². The van der Waals surface area contributed by atoms with Gasteiger partial charge in [0.25, 0.3) is 0 Å². The largest absolute Gasteiger partial charge is 0.354 e. The molecule has 0 saturated carbocycles. The van der Waals surface area contributed by atoms with Crippen molar-refractivity contribution in [3.63, 3.8) is 0 Å². The van der Waals surface area contributed by atoms with Gasteiger partial charge in [-0.2, -0.15) is 0 Å². The van der Waals surface area contributed by atoms with Crippen molar-refractivity contribution in [3.8, 4) is 0 Å². The van der Waals surface area contributed by atoms with E-state index in [-0.39, 0.29) is 12.4 Å². The molecule has 1 aliphatic rings. The molecule has 4 heteroatoms. The molecule has 2 heterocycles. The normalized spacial score (nSPS) is 16.1. The maximum absolute atomic E-state index is 4.69. The minimum atomic E-state index is 0. The third kappa shape index (κ3) is 3.09. The Labute approximate surface area is 104 Å². The summed E-state index contributed by atoms with van der Waals surface area (Å²) < 4.78 is 0. The highest BCUT2D eigenvalue weighted by Crippen LogP contribution is 2.17. The number of rotatable bonds is 2. The van der Waals surface area contributed by atoms with Gasteiger partial charge in [0.2, 0.25) is 0 Å². The van der Waals surface area contributed by atoms with Crippen LogP contribution in [0.25, 0.3) is 0 Å². The zero-order chi connectivity index (χ0) is 10.7. The minimum absolute atomic E-state index is 0. The fraction of sp³-hybridized carbons (Fsp3) is 0.583. The molecule has 0 unspecified atom stereocenters. The van der Waals surface area contributed by atoms with Gasteiger partial charge in [-0.15, -0.1) is 12.4 Å². The molecule has 16 heavy (non-hydrogen) atoms. The molecule has 0 bridgehead atoms. The average Bonchev–Trinajstić information content (AvgIpc) is 2.30. The number of hydrogen-bond donors (Lipinski definition) is 1. The second kappa shape index (κ2) is 6.06. The Morgan fingerprint density at radius 2 is 1.94 bits per heavy atom. The van der Waals surface area contributed by atoms with Gasteiger partial charge >= 0.3 is 0 Å². The SMILES string of the molecule is CC(C)c1cccc(N2CCNCC2)n1.Cl. The molecule has 2 rings (SSSR count). The Morgan fingerprint density at radius 1 is 1.25 bits per heavy atom. The van der Waals surface area contributed by atoms with E-state index in [4.69, 9.17) is 4.98 Å². The van der Waals surface area contributed by atoms with E-state index < -0.39 is 0 Å². The Balaban J connectivity index is 0.00000128.